The third-order valence-electron chi connectivity index (χ3n) is 3.78. The number of hydrogen-bond donors (Lipinski definition) is 2. The van der Waals surface area contributed by atoms with E-state index in [9.17, 15) is 4.79 Å². The van der Waals surface area contributed by atoms with Crippen molar-refractivity contribution >= 4 is 5.91 Å². The Kier molecular flexibility index (Phi) is 2.63. The molecule has 2 atom stereocenters. The lowest BCUT2D eigenvalue weighted by atomic mass is 9.96. The van der Waals surface area contributed by atoms with Crippen LogP contribution in [0.5, 0.6) is 0 Å². The van der Waals surface area contributed by atoms with Gasteiger partial charge in [0.2, 0.25) is 0 Å². The van der Waals surface area contributed by atoms with Crippen LogP contribution in [0.4, 0.5) is 0 Å². The van der Waals surface area contributed by atoms with Crippen LogP contribution in [0.2, 0.25) is 0 Å². The maximum absolute atomic E-state index is 11.5. The molecule has 2 N–H and O–H groups in total. The van der Waals surface area contributed by atoms with Crippen LogP contribution in [0.1, 0.15) is 36.2 Å². The molecule has 1 heterocycles. The first kappa shape index (κ1) is 10.4. The summed E-state index contributed by atoms with van der Waals surface area (Å²) in [7, 11) is 0. The molecular formula is C13H16N2O2. The van der Waals surface area contributed by atoms with Crippen LogP contribution in [-0.2, 0) is 0 Å². The van der Waals surface area contributed by atoms with Crippen molar-refractivity contribution in [1.82, 2.24) is 10.9 Å². The Morgan fingerprint density at radius 2 is 2.41 bits per heavy atom. The Morgan fingerprint density at radius 3 is 3.06 bits per heavy atom. The largest absolute Gasteiger partial charge is 0.459 e. The number of carbonyl (C=O) groups is 1. The fraction of sp³-hybridized carbons (Fsp3) is 0.462. The van der Waals surface area contributed by atoms with E-state index in [4.69, 9.17) is 4.42 Å². The predicted molar refractivity (Wildman–Crippen MR) is 62.8 cm³/mol. The van der Waals surface area contributed by atoms with Gasteiger partial charge in [-0.15, -0.1) is 0 Å². The van der Waals surface area contributed by atoms with Crippen LogP contribution in [0.3, 0.4) is 0 Å². The SMILES string of the molecule is O=C(NNC=C1CC2CCC1C2)c1ccco1. The van der Waals surface area contributed by atoms with Crippen LogP contribution < -0.4 is 10.9 Å². The molecule has 2 bridgehead atoms. The minimum Gasteiger partial charge on any atom is -0.459 e. The van der Waals surface area contributed by atoms with E-state index in [-0.39, 0.29) is 5.91 Å². The van der Waals surface area contributed by atoms with Crippen molar-refractivity contribution in [1.29, 1.82) is 0 Å². The van der Waals surface area contributed by atoms with E-state index in [1.165, 1.54) is 37.5 Å². The summed E-state index contributed by atoms with van der Waals surface area (Å²) in [5, 5.41) is 0. The van der Waals surface area contributed by atoms with E-state index in [1.54, 1.807) is 12.1 Å². The van der Waals surface area contributed by atoms with Crippen molar-refractivity contribution in [3.8, 4) is 0 Å². The molecule has 2 aliphatic carbocycles. The van der Waals surface area contributed by atoms with Gasteiger partial charge in [-0.2, -0.15) is 0 Å². The summed E-state index contributed by atoms with van der Waals surface area (Å²) in [6.07, 6.45) is 8.65. The normalized spacial score (nSPS) is 28.6. The number of carbonyl (C=O) groups excluding carboxylic acids is 1. The number of amides is 1. The first-order chi connectivity index (χ1) is 8.33. The van der Waals surface area contributed by atoms with Crippen LogP contribution in [0.25, 0.3) is 0 Å². The number of hydrogen-bond acceptors (Lipinski definition) is 3. The number of allylic oxidation sites excluding steroid dienone is 1. The zero-order valence-electron chi connectivity index (χ0n) is 9.61. The van der Waals surface area contributed by atoms with Crippen LogP contribution >= 0.6 is 0 Å². The monoisotopic (exact) mass is 232 g/mol. The van der Waals surface area contributed by atoms with Crippen LogP contribution in [0.15, 0.2) is 34.6 Å². The third-order valence-corrected chi connectivity index (χ3v) is 3.78. The first-order valence-electron chi connectivity index (χ1n) is 6.11. The lowest BCUT2D eigenvalue weighted by Gasteiger charge is -2.13. The lowest BCUT2D eigenvalue weighted by molar-refractivity contribution is 0.0913. The maximum atomic E-state index is 11.5. The molecule has 2 unspecified atom stereocenters. The molecule has 1 amide bonds. The highest BCUT2D eigenvalue weighted by atomic mass is 16.3. The van der Waals surface area contributed by atoms with Gasteiger partial charge in [0.1, 0.15) is 0 Å². The van der Waals surface area contributed by atoms with E-state index >= 15 is 0 Å². The fourth-order valence-electron chi connectivity index (χ4n) is 2.94. The number of nitrogens with one attached hydrogen (secondary N) is 2. The van der Waals surface area contributed by atoms with Gasteiger partial charge in [-0.1, -0.05) is 0 Å². The molecule has 4 heteroatoms. The Hall–Kier alpha value is -1.71. The third kappa shape index (κ3) is 2.07. The molecule has 4 nitrogen and oxygen atoms in total. The second kappa shape index (κ2) is 4.28. The zero-order chi connectivity index (χ0) is 11.7. The van der Waals surface area contributed by atoms with Gasteiger partial charge in [-0.25, -0.2) is 0 Å². The number of rotatable bonds is 3. The molecule has 90 valence electrons. The molecule has 1 aromatic rings. The summed E-state index contributed by atoms with van der Waals surface area (Å²) in [6, 6.07) is 3.34. The quantitative estimate of drug-likeness (QED) is 0.786. The Balaban J connectivity index is 1.52. The average molecular weight is 232 g/mol. The van der Waals surface area contributed by atoms with Gasteiger partial charge in [0.25, 0.3) is 0 Å². The van der Waals surface area contributed by atoms with Gasteiger partial charge in [0.05, 0.1) is 6.26 Å². The molecule has 0 saturated heterocycles. The summed E-state index contributed by atoms with van der Waals surface area (Å²) in [4.78, 5) is 11.5. The molecule has 1 aromatic heterocycles. The van der Waals surface area contributed by atoms with Crippen molar-refractivity contribution in [2.45, 2.75) is 25.7 Å². The highest BCUT2D eigenvalue weighted by molar-refractivity contribution is 5.90. The minimum atomic E-state index is -0.241. The Bertz CT molecular complexity index is 436. The van der Waals surface area contributed by atoms with Crippen LogP contribution in [-0.4, -0.2) is 5.91 Å². The van der Waals surface area contributed by atoms with E-state index in [2.05, 4.69) is 10.9 Å². The van der Waals surface area contributed by atoms with Crippen molar-refractivity contribution in [2.24, 2.45) is 11.8 Å². The second-order valence-corrected chi connectivity index (χ2v) is 4.88. The summed E-state index contributed by atoms with van der Waals surface area (Å²) in [6.45, 7) is 0. The van der Waals surface area contributed by atoms with E-state index in [0.717, 1.165) is 11.8 Å². The first-order valence-corrected chi connectivity index (χ1v) is 6.11. The van der Waals surface area contributed by atoms with Gasteiger partial charge < -0.3 is 9.84 Å². The molecule has 2 aliphatic rings. The molecule has 0 aromatic carbocycles. The highest BCUT2D eigenvalue weighted by Gasteiger charge is 2.35. The molecule has 17 heavy (non-hydrogen) atoms. The number of fused-ring (bicyclic) bond motifs is 2. The summed E-state index contributed by atoms with van der Waals surface area (Å²) in [5.74, 6) is 1.71. The number of hydrazine groups is 1. The molecule has 0 radical (unpaired) electrons. The summed E-state index contributed by atoms with van der Waals surface area (Å²) < 4.78 is 4.99. The van der Waals surface area contributed by atoms with Crippen molar-refractivity contribution in [3.05, 3.63) is 35.9 Å². The average Bonchev–Trinajstić information content (AvgIpc) is 3.06. The second-order valence-electron chi connectivity index (χ2n) is 4.88. The van der Waals surface area contributed by atoms with Crippen molar-refractivity contribution in [2.75, 3.05) is 0 Å². The zero-order valence-corrected chi connectivity index (χ0v) is 9.61. The van der Waals surface area contributed by atoms with Gasteiger partial charge in [0, 0.05) is 6.20 Å². The topological polar surface area (TPSA) is 54.3 Å². The number of furan rings is 1. The molecule has 2 fully saturated rings. The molecule has 0 spiro atoms. The summed E-state index contributed by atoms with van der Waals surface area (Å²) >= 11 is 0. The molecule has 0 aliphatic heterocycles. The van der Waals surface area contributed by atoms with Crippen molar-refractivity contribution in [3.63, 3.8) is 0 Å². The van der Waals surface area contributed by atoms with Crippen molar-refractivity contribution < 1.29 is 9.21 Å². The smallest absolute Gasteiger partial charge is 0.305 e. The van der Waals surface area contributed by atoms with E-state index < -0.39 is 0 Å². The molecule has 2 saturated carbocycles. The highest BCUT2D eigenvalue weighted by Crippen LogP contribution is 2.47. The Labute approximate surface area is 100 Å². The molecular weight excluding hydrogens is 216 g/mol. The van der Waals surface area contributed by atoms with Crippen LogP contribution in [0, 0.1) is 11.8 Å². The van der Waals surface area contributed by atoms with Gasteiger partial charge >= 0.3 is 5.91 Å². The maximum Gasteiger partial charge on any atom is 0.305 e. The van der Waals surface area contributed by atoms with Gasteiger partial charge in [-0.3, -0.25) is 10.2 Å². The lowest BCUT2D eigenvalue weighted by Crippen LogP contribution is -2.33. The predicted octanol–water partition coefficient (Wildman–Crippen LogP) is 2.22. The standard InChI is InChI=1S/C13H16N2O2/c16-13(12-2-1-5-17-12)15-14-8-11-7-9-3-4-10(11)6-9/h1-2,5,8-10,14H,3-4,6-7H2,(H,15,16). The van der Waals surface area contributed by atoms with E-state index in [1.807, 2.05) is 6.20 Å². The van der Waals surface area contributed by atoms with Gasteiger partial charge in [0.15, 0.2) is 5.76 Å². The van der Waals surface area contributed by atoms with Gasteiger partial charge in [-0.05, 0) is 55.2 Å². The molecule has 3 rings (SSSR count). The Morgan fingerprint density at radius 1 is 1.47 bits per heavy atom. The fourth-order valence-corrected chi connectivity index (χ4v) is 2.94. The summed E-state index contributed by atoms with van der Waals surface area (Å²) in [5.41, 5.74) is 6.94. The minimum absolute atomic E-state index is 0.241. The van der Waals surface area contributed by atoms with E-state index in [0.29, 0.717) is 5.76 Å².